The molecular formula is C13H22BrClN4. The molecule has 0 radical (unpaired) electrons. The number of piperazine rings is 1. The number of rotatable bonds is 5. The van der Waals surface area contributed by atoms with Gasteiger partial charge in [0.1, 0.15) is 0 Å². The van der Waals surface area contributed by atoms with Gasteiger partial charge < -0.3 is 0 Å². The summed E-state index contributed by atoms with van der Waals surface area (Å²) in [7, 11) is 1.99. The highest BCUT2D eigenvalue weighted by Gasteiger charge is 2.20. The monoisotopic (exact) mass is 348 g/mol. The standard InChI is InChI=1S/C13H22BrClN4/c1-3-11-13(15)12(17(2)16-11)10-19-8-6-18(5-4-14)7-9-19/h3-10H2,1-2H3. The Morgan fingerprint density at radius 2 is 1.84 bits per heavy atom. The minimum Gasteiger partial charge on any atom is -0.300 e. The largest absolute Gasteiger partial charge is 0.300 e. The molecule has 4 nitrogen and oxygen atoms in total. The molecule has 0 saturated carbocycles. The zero-order valence-electron chi connectivity index (χ0n) is 11.7. The van der Waals surface area contributed by atoms with Crippen molar-refractivity contribution in [2.75, 3.05) is 38.1 Å². The minimum atomic E-state index is 0.855. The molecule has 0 aliphatic carbocycles. The third-order valence-corrected chi connectivity index (χ3v) is 4.53. The lowest BCUT2D eigenvalue weighted by molar-refractivity contribution is 0.131. The van der Waals surface area contributed by atoms with E-state index >= 15 is 0 Å². The number of hydrogen-bond acceptors (Lipinski definition) is 3. The topological polar surface area (TPSA) is 24.3 Å². The maximum absolute atomic E-state index is 6.40. The molecule has 0 bridgehead atoms. The second kappa shape index (κ2) is 7.07. The Balaban J connectivity index is 1.94. The van der Waals surface area contributed by atoms with Gasteiger partial charge >= 0.3 is 0 Å². The van der Waals surface area contributed by atoms with E-state index in [0.29, 0.717) is 0 Å². The summed E-state index contributed by atoms with van der Waals surface area (Å²) in [5, 5.41) is 6.39. The van der Waals surface area contributed by atoms with Crippen molar-refractivity contribution in [3.63, 3.8) is 0 Å². The minimum absolute atomic E-state index is 0.855. The van der Waals surface area contributed by atoms with Crippen molar-refractivity contribution in [3.8, 4) is 0 Å². The van der Waals surface area contributed by atoms with Crippen molar-refractivity contribution >= 4 is 27.5 Å². The smallest absolute Gasteiger partial charge is 0.0863 e. The number of alkyl halides is 1. The fourth-order valence-electron chi connectivity index (χ4n) is 2.49. The molecule has 0 spiro atoms. The molecule has 2 rings (SSSR count). The van der Waals surface area contributed by atoms with E-state index in [1.54, 1.807) is 0 Å². The lowest BCUT2D eigenvalue weighted by Gasteiger charge is -2.34. The first-order valence-electron chi connectivity index (χ1n) is 6.86. The quantitative estimate of drug-likeness (QED) is 0.761. The molecular weight excluding hydrogens is 328 g/mol. The van der Waals surface area contributed by atoms with E-state index in [-0.39, 0.29) is 0 Å². The Morgan fingerprint density at radius 1 is 1.21 bits per heavy atom. The average molecular weight is 350 g/mol. The number of halogens is 2. The highest BCUT2D eigenvalue weighted by atomic mass is 79.9. The maximum Gasteiger partial charge on any atom is 0.0863 e. The Kier molecular flexibility index (Phi) is 5.69. The Morgan fingerprint density at radius 3 is 2.37 bits per heavy atom. The third-order valence-electron chi connectivity index (χ3n) is 3.74. The van der Waals surface area contributed by atoms with E-state index in [1.807, 2.05) is 11.7 Å². The Bertz CT molecular complexity index is 413. The molecule has 2 heterocycles. The van der Waals surface area contributed by atoms with Crippen molar-refractivity contribution in [3.05, 3.63) is 16.4 Å². The van der Waals surface area contributed by atoms with Crippen LogP contribution in [0.1, 0.15) is 18.3 Å². The van der Waals surface area contributed by atoms with E-state index in [4.69, 9.17) is 11.6 Å². The van der Waals surface area contributed by atoms with Gasteiger partial charge in [-0.15, -0.1) is 0 Å². The molecule has 0 atom stereocenters. The second-order valence-electron chi connectivity index (χ2n) is 4.99. The van der Waals surface area contributed by atoms with Gasteiger partial charge in [-0.25, -0.2) is 0 Å². The maximum atomic E-state index is 6.40. The van der Waals surface area contributed by atoms with Crippen LogP contribution in [0.5, 0.6) is 0 Å². The molecule has 6 heteroatoms. The van der Waals surface area contributed by atoms with E-state index in [0.717, 1.165) is 67.4 Å². The van der Waals surface area contributed by atoms with Crippen molar-refractivity contribution in [2.45, 2.75) is 19.9 Å². The first-order valence-corrected chi connectivity index (χ1v) is 8.36. The van der Waals surface area contributed by atoms with Crippen LogP contribution in [0.3, 0.4) is 0 Å². The van der Waals surface area contributed by atoms with Gasteiger partial charge in [0.25, 0.3) is 0 Å². The van der Waals surface area contributed by atoms with Gasteiger partial charge in [-0.3, -0.25) is 14.5 Å². The van der Waals surface area contributed by atoms with Crippen LogP contribution in [0.4, 0.5) is 0 Å². The molecule has 0 amide bonds. The zero-order chi connectivity index (χ0) is 13.8. The SMILES string of the molecule is CCc1nn(C)c(CN2CCN(CCBr)CC2)c1Cl. The molecule has 0 N–H and O–H groups in total. The Hall–Kier alpha value is -0.100. The molecule has 1 fully saturated rings. The number of nitrogens with zero attached hydrogens (tertiary/aromatic N) is 4. The molecule has 0 unspecified atom stereocenters. The van der Waals surface area contributed by atoms with Crippen molar-refractivity contribution in [1.29, 1.82) is 0 Å². The number of aromatic nitrogens is 2. The van der Waals surface area contributed by atoms with Gasteiger partial charge in [-0.05, 0) is 6.42 Å². The van der Waals surface area contributed by atoms with Crippen LogP contribution in [-0.2, 0) is 20.0 Å². The summed E-state index contributed by atoms with van der Waals surface area (Å²) in [5.74, 6) is 0. The van der Waals surface area contributed by atoms with Gasteiger partial charge in [0.05, 0.1) is 16.4 Å². The summed E-state index contributed by atoms with van der Waals surface area (Å²) in [5.41, 5.74) is 2.16. The Labute approximate surface area is 128 Å². The van der Waals surface area contributed by atoms with E-state index < -0.39 is 0 Å². The van der Waals surface area contributed by atoms with Crippen LogP contribution >= 0.6 is 27.5 Å². The summed E-state index contributed by atoms with van der Waals surface area (Å²) in [6.45, 7) is 8.64. The molecule has 1 aliphatic rings. The molecule has 1 aliphatic heterocycles. The van der Waals surface area contributed by atoms with E-state index in [2.05, 4.69) is 37.8 Å². The van der Waals surface area contributed by atoms with Gasteiger partial charge in [0.2, 0.25) is 0 Å². The summed E-state index contributed by atoms with van der Waals surface area (Å²) >= 11 is 9.90. The number of aryl methyl sites for hydroxylation is 2. The lowest BCUT2D eigenvalue weighted by atomic mass is 10.2. The fraction of sp³-hybridized carbons (Fsp3) is 0.769. The first-order chi connectivity index (χ1) is 9.15. The number of hydrogen-bond donors (Lipinski definition) is 0. The average Bonchev–Trinajstić information content (AvgIpc) is 2.68. The van der Waals surface area contributed by atoms with Gasteiger partial charge in [-0.1, -0.05) is 34.5 Å². The zero-order valence-corrected chi connectivity index (χ0v) is 14.0. The lowest BCUT2D eigenvalue weighted by Crippen LogP contribution is -2.46. The molecule has 1 aromatic heterocycles. The normalized spacial score (nSPS) is 18.1. The van der Waals surface area contributed by atoms with Crippen molar-refractivity contribution in [2.24, 2.45) is 7.05 Å². The third kappa shape index (κ3) is 3.72. The van der Waals surface area contributed by atoms with Crippen molar-refractivity contribution < 1.29 is 0 Å². The van der Waals surface area contributed by atoms with Gasteiger partial charge in [0, 0.05) is 51.6 Å². The predicted octanol–water partition coefficient (Wildman–Crippen LogP) is 2.15. The summed E-state index contributed by atoms with van der Waals surface area (Å²) < 4.78 is 1.94. The predicted molar refractivity (Wildman–Crippen MR) is 83.1 cm³/mol. The summed E-state index contributed by atoms with van der Waals surface area (Å²) in [6.07, 6.45) is 0.895. The highest BCUT2D eigenvalue weighted by molar-refractivity contribution is 9.09. The van der Waals surface area contributed by atoms with E-state index in [9.17, 15) is 0 Å². The fourth-order valence-corrected chi connectivity index (χ4v) is 3.35. The molecule has 19 heavy (non-hydrogen) atoms. The molecule has 0 aromatic carbocycles. The summed E-state index contributed by atoms with van der Waals surface area (Å²) in [4.78, 5) is 4.96. The molecule has 1 saturated heterocycles. The van der Waals surface area contributed by atoms with Crippen LogP contribution in [0.2, 0.25) is 5.02 Å². The van der Waals surface area contributed by atoms with Crippen molar-refractivity contribution in [1.82, 2.24) is 19.6 Å². The van der Waals surface area contributed by atoms with Crippen LogP contribution < -0.4 is 0 Å². The molecule has 1 aromatic rings. The second-order valence-corrected chi connectivity index (χ2v) is 6.16. The van der Waals surface area contributed by atoms with Crippen LogP contribution in [0, 0.1) is 0 Å². The van der Waals surface area contributed by atoms with Gasteiger partial charge in [-0.2, -0.15) is 5.10 Å². The van der Waals surface area contributed by atoms with Crippen LogP contribution in [0.25, 0.3) is 0 Å². The van der Waals surface area contributed by atoms with Gasteiger partial charge in [0.15, 0.2) is 0 Å². The molecule has 108 valence electrons. The highest BCUT2D eigenvalue weighted by Crippen LogP contribution is 2.22. The van der Waals surface area contributed by atoms with E-state index in [1.165, 1.54) is 0 Å². The summed E-state index contributed by atoms with van der Waals surface area (Å²) in [6, 6.07) is 0. The first kappa shape index (κ1) is 15.3. The van der Waals surface area contributed by atoms with Crippen LogP contribution in [0.15, 0.2) is 0 Å². The van der Waals surface area contributed by atoms with Crippen LogP contribution in [-0.4, -0.2) is 57.6 Å².